The first-order valence-electron chi connectivity index (χ1n) is 9.07. The highest BCUT2D eigenvalue weighted by atomic mass is 16.2. The minimum absolute atomic E-state index is 0.617. The molecule has 1 aliphatic heterocycles. The number of carbonyl (C=O) groups is 2. The van der Waals surface area contributed by atoms with Crippen molar-refractivity contribution in [2.75, 3.05) is 28.6 Å². The Morgan fingerprint density at radius 3 is 1.88 bits per heavy atom. The lowest BCUT2D eigenvalue weighted by molar-refractivity contribution is -0.132. The Labute approximate surface area is 154 Å². The number of nitrogens with one attached hydrogen (secondary N) is 2. The van der Waals surface area contributed by atoms with Crippen LogP contribution in [0.3, 0.4) is 0 Å². The third-order valence-corrected chi connectivity index (χ3v) is 4.53. The molecule has 0 aromatic heterocycles. The Morgan fingerprint density at radius 1 is 0.769 bits per heavy atom. The molecule has 0 saturated carbocycles. The Balaban J connectivity index is 1.59. The van der Waals surface area contributed by atoms with Crippen LogP contribution in [0.4, 0.5) is 17.1 Å². The summed E-state index contributed by atoms with van der Waals surface area (Å²) >= 11 is 0. The van der Waals surface area contributed by atoms with Crippen molar-refractivity contribution in [3.8, 4) is 0 Å². The minimum atomic E-state index is -0.671. The molecule has 1 saturated heterocycles. The van der Waals surface area contributed by atoms with Gasteiger partial charge in [-0.1, -0.05) is 6.07 Å². The van der Waals surface area contributed by atoms with E-state index in [4.69, 9.17) is 0 Å². The van der Waals surface area contributed by atoms with Crippen LogP contribution in [-0.4, -0.2) is 24.9 Å². The monoisotopic (exact) mass is 351 g/mol. The molecule has 0 unspecified atom stereocenters. The van der Waals surface area contributed by atoms with Crippen LogP contribution in [0.1, 0.15) is 30.4 Å². The maximum absolute atomic E-state index is 12.1. The van der Waals surface area contributed by atoms with Gasteiger partial charge in [0.05, 0.1) is 0 Å². The molecule has 0 radical (unpaired) electrons. The zero-order valence-corrected chi connectivity index (χ0v) is 15.3. The van der Waals surface area contributed by atoms with Crippen molar-refractivity contribution in [3.63, 3.8) is 0 Å². The van der Waals surface area contributed by atoms with Crippen molar-refractivity contribution in [1.82, 2.24) is 0 Å². The van der Waals surface area contributed by atoms with Gasteiger partial charge < -0.3 is 15.5 Å². The molecular weight excluding hydrogens is 326 g/mol. The molecule has 136 valence electrons. The van der Waals surface area contributed by atoms with Crippen molar-refractivity contribution in [2.45, 2.75) is 33.1 Å². The third-order valence-electron chi connectivity index (χ3n) is 4.53. The summed E-state index contributed by atoms with van der Waals surface area (Å²) in [7, 11) is 0. The highest BCUT2D eigenvalue weighted by molar-refractivity contribution is 6.43. The molecule has 26 heavy (non-hydrogen) atoms. The van der Waals surface area contributed by atoms with Crippen LogP contribution >= 0.6 is 0 Å². The molecule has 0 atom stereocenters. The first-order valence-corrected chi connectivity index (χ1v) is 9.07. The highest BCUT2D eigenvalue weighted by Crippen LogP contribution is 2.22. The first-order chi connectivity index (χ1) is 12.5. The molecule has 0 aliphatic carbocycles. The molecule has 2 amide bonds. The van der Waals surface area contributed by atoms with Crippen molar-refractivity contribution >= 4 is 28.9 Å². The van der Waals surface area contributed by atoms with Crippen LogP contribution in [0.15, 0.2) is 42.5 Å². The zero-order valence-electron chi connectivity index (χ0n) is 15.3. The maximum atomic E-state index is 12.1. The van der Waals surface area contributed by atoms with Gasteiger partial charge in [0.2, 0.25) is 0 Å². The van der Waals surface area contributed by atoms with Gasteiger partial charge in [0, 0.05) is 30.2 Å². The number of carbonyl (C=O) groups excluding carboxylic acids is 2. The number of piperidine rings is 1. The molecule has 1 fully saturated rings. The second-order valence-corrected chi connectivity index (χ2v) is 6.88. The fourth-order valence-corrected chi connectivity index (χ4v) is 3.33. The van der Waals surface area contributed by atoms with Gasteiger partial charge >= 0.3 is 11.8 Å². The summed E-state index contributed by atoms with van der Waals surface area (Å²) in [5.74, 6) is -1.34. The van der Waals surface area contributed by atoms with Crippen molar-refractivity contribution in [2.24, 2.45) is 0 Å². The number of nitrogens with zero attached hydrogens (tertiary/aromatic N) is 1. The van der Waals surface area contributed by atoms with E-state index in [2.05, 4.69) is 15.5 Å². The van der Waals surface area contributed by atoms with Gasteiger partial charge in [-0.05, 0) is 80.6 Å². The van der Waals surface area contributed by atoms with Crippen LogP contribution in [0.2, 0.25) is 0 Å². The average Bonchev–Trinajstić information content (AvgIpc) is 2.62. The largest absolute Gasteiger partial charge is 0.372 e. The number of amides is 2. The van der Waals surface area contributed by atoms with E-state index < -0.39 is 11.8 Å². The van der Waals surface area contributed by atoms with E-state index in [1.807, 2.05) is 56.3 Å². The summed E-state index contributed by atoms with van der Waals surface area (Å²) in [6, 6.07) is 13.3. The quantitative estimate of drug-likeness (QED) is 0.825. The molecule has 5 heteroatoms. The third kappa shape index (κ3) is 4.63. The number of anilines is 3. The van der Waals surface area contributed by atoms with Crippen LogP contribution in [0.5, 0.6) is 0 Å². The van der Waals surface area contributed by atoms with Gasteiger partial charge in [0.1, 0.15) is 0 Å². The van der Waals surface area contributed by atoms with E-state index in [1.54, 1.807) is 0 Å². The van der Waals surface area contributed by atoms with Crippen molar-refractivity contribution in [1.29, 1.82) is 0 Å². The number of benzene rings is 2. The first kappa shape index (κ1) is 18.0. The normalized spacial score (nSPS) is 14.0. The standard InChI is InChI=1S/C21H25N3O2/c1-15-12-16(2)14-18(13-15)23-21(26)20(25)22-17-6-8-19(9-7-17)24-10-4-3-5-11-24/h6-9,12-14H,3-5,10-11H2,1-2H3,(H,22,25)(H,23,26). The molecular formula is C21H25N3O2. The van der Waals surface area contributed by atoms with E-state index in [-0.39, 0.29) is 0 Å². The molecule has 2 N–H and O–H groups in total. The molecule has 5 nitrogen and oxygen atoms in total. The van der Waals surface area contributed by atoms with Gasteiger partial charge in [-0.25, -0.2) is 0 Å². The summed E-state index contributed by atoms with van der Waals surface area (Å²) < 4.78 is 0. The predicted octanol–water partition coefficient (Wildman–Crippen LogP) is 3.87. The summed E-state index contributed by atoms with van der Waals surface area (Å²) in [6.45, 7) is 6.05. The highest BCUT2D eigenvalue weighted by Gasteiger charge is 2.15. The van der Waals surface area contributed by atoms with Gasteiger partial charge in [-0.15, -0.1) is 0 Å². The smallest absolute Gasteiger partial charge is 0.314 e. The lowest BCUT2D eigenvalue weighted by Crippen LogP contribution is -2.30. The minimum Gasteiger partial charge on any atom is -0.372 e. The molecule has 1 heterocycles. The van der Waals surface area contributed by atoms with Gasteiger partial charge in [0.15, 0.2) is 0 Å². The molecule has 3 rings (SSSR count). The lowest BCUT2D eigenvalue weighted by Gasteiger charge is -2.28. The van der Waals surface area contributed by atoms with Crippen molar-refractivity contribution in [3.05, 3.63) is 53.6 Å². The topological polar surface area (TPSA) is 61.4 Å². The Morgan fingerprint density at radius 2 is 1.31 bits per heavy atom. The van der Waals surface area contributed by atoms with Gasteiger partial charge in [-0.2, -0.15) is 0 Å². The fraction of sp³-hybridized carbons (Fsp3) is 0.333. The van der Waals surface area contributed by atoms with E-state index in [1.165, 1.54) is 19.3 Å². The van der Waals surface area contributed by atoms with Crippen molar-refractivity contribution < 1.29 is 9.59 Å². The number of hydrogen-bond acceptors (Lipinski definition) is 3. The molecule has 2 aromatic carbocycles. The molecule has 0 bridgehead atoms. The van der Waals surface area contributed by atoms with Crippen LogP contribution in [-0.2, 0) is 9.59 Å². The van der Waals surface area contributed by atoms with Crippen LogP contribution in [0.25, 0.3) is 0 Å². The number of rotatable bonds is 3. The fourth-order valence-electron chi connectivity index (χ4n) is 3.33. The second-order valence-electron chi connectivity index (χ2n) is 6.88. The van der Waals surface area contributed by atoms with E-state index in [0.29, 0.717) is 11.4 Å². The second kappa shape index (κ2) is 8.04. The van der Waals surface area contributed by atoms with E-state index >= 15 is 0 Å². The number of hydrogen-bond donors (Lipinski definition) is 2. The summed E-state index contributed by atoms with van der Waals surface area (Å²) in [5, 5.41) is 5.30. The SMILES string of the molecule is Cc1cc(C)cc(NC(=O)C(=O)Nc2ccc(N3CCCCC3)cc2)c1. The number of aryl methyl sites for hydroxylation is 2. The molecule has 1 aliphatic rings. The molecule has 2 aromatic rings. The average molecular weight is 351 g/mol. The predicted molar refractivity (Wildman–Crippen MR) is 106 cm³/mol. The lowest BCUT2D eigenvalue weighted by atomic mass is 10.1. The Bertz CT molecular complexity index is 773. The summed E-state index contributed by atoms with van der Waals surface area (Å²) in [6.07, 6.45) is 3.73. The Kier molecular flexibility index (Phi) is 5.56. The van der Waals surface area contributed by atoms with Gasteiger partial charge in [-0.3, -0.25) is 9.59 Å². The summed E-state index contributed by atoms with van der Waals surface area (Å²) in [4.78, 5) is 26.6. The zero-order chi connectivity index (χ0) is 18.5. The van der Waals surface area contributed by atoms with Gasteiger partial charge in [0.25, 0.3) is 0 Å². The van der Waals surface area contributed by atoms with E-state index in [0.717, 1.165) is 29.9 Å². The Hall–Kier alpha value is -2.82. The van der Waals surface area contributed by atoms with Crippen LogP contribution in [0, 0.1) is 13.8 Å². The molecule has 0 spiro atoms. The maximum Gasteiger partial charge on any atom is 0.314 e. The summed E-state index contributed by atoms with van der Waals surface area (Å²) in [5.41, 5.74) is 4.47. The van der Waals surface area contributed by atoms with Crippen LogP contribution < -0.4 is 15.5 Å². The van der Waals surface area contributed by atoms with E-state index in [9.17, 15) is 9.59 Å².